The van der Waals surface area contributed by atoms with E-state index in [4.69, 9.17) is 9.47 Å². The van der Waals surface area contributed by atoms with Crippen LogP contribution in [0.5, 0.6) is 11.5 Å². The number of anilines is 2. The normalized spacial score (nSPS) is 10.7. The molecule has 0 aromatic heterocycles. The number of ether oxygens (including phenoxy) is 2. The Morgan fingerprint density at radius 3 is 2.46 bits per heavy atom. The number of nitrogens with one attached hydrogen (secondary N) is 2. The van der Waals surface area contributed by atoms with E-state index in [0.29, 0.717) is 17.2 Å². The molecule has 2 N–H and O–H groups in total. The molecule has 2 aromatic carbocycles. The van der Waals surface area contributed by atoms with E-state index in [0.717, 1.165) is 16.8 Å². The number of hydrogen-bond acceptors (Lipinski definition) is 5. The van der Waals surface area contributed by atoms with E-state index in [1.54, 1.807) is 18.2 Å². The summed E-state index contributed by atoms with van der Waals surface area (Å²) in [6, 6.07) is 12.8. The SMILES string of the molecule is COc1ccc(NC(=O)/C(C#N)=C\Nc2cc(C)ccc2C)cc1OC. The Bertz CT molecular complexity index is 882. The zero-order valence-corrected chi connectivity index (χ0v) is 15.2. The average molecular weight is 351 g/mol. The number of nitriles is 1. The van der Waals surface area contributed by atoms with Crippen LogP contribution in [-0.2, 0) is 4.79 Å². The first-order valence-electron chi connectivity index (χ1n) is 7.96. The molecule has 0 radical (unpaired) electrons. The maximum absolute atomic E-state index is 12.4. The van der Waals surface area contributed by atoms with Crippen molar-refractivity contribution in [2.75, 3.05) is 24.9 Å². The highest BCUT2D eigenvalue weighted by atomic mass is 16.5. The summed E-state index contributed by atoms with van der Waals surface area (Å²) in [5.41, 5.74) is 3.40. The van der Waals surface area contributed by atoms with E-state index < -0.39 is 5.91 Å². The van der Waals surface area contributed by atoms with Gasteiger partial charge in [-0.3, -0.25) is 4.79 Å². The van der Waals surface area contributed by atoms with Crippen LogP contribution in [0, 0.1) is 25.2 Å². The van der Waals surface area contributed by atoms with Gasteiger partial charge in [-0.1, -0.05) is 12.1 Å². The summed E-state index contributed by atoms with van der Waals surface area (Å²) in [5, 5.41) is 15.0. The largest absolute Gasteiger partial charge is 0.493 e. The van der Waals surface area contributed by atoms with Gasteiger partial charge in [-0.25, -0.2) is 0 Å². The number of rotatable bonds is 6. The van der Waals surface area contributed by atoms with E-state index in [-0.39, 0.29) is 5.57 Å². The van der Waals surface area contributed by atoms with Crippen LogP contribution in [0.1, 0.15) is 11.1 Å². The molecule has 2 rings (SSSR count). The summed E-state index contributed by atoms with van der Waals surface area (Å²) < 4.78 is 10.4. The lowest BCUT2D eigenvalue weighted by Gasteiger charge is -2.11. The highest BCUT2D eigenvalue weighted by molar-refractivity contribution is 6.06. The standard InChI is InChI=1S/C20H21N3O3/c1-13-5-6-14(2)17(9-13)22-12-15(11-21)20(24)23-16-7-8-18(25-3)19(10-16)26-4/h5-10,12,22H,1-4H3,(H,23,24)/b15-12-. The Labute approximate surface area is 153 Å². The molecule has 2 aromatic rings. The summed E-state index contributed by atoms with van der Waals surface area (Å²) >= 11 is 0. The van der Waals surface area contributed by atoms with Crippen molar-refractivity contribution in [2.45, 2.75) is 13.8 Å². The highest BCUT2D eigenvalue weighted by Gasteiger charge is 2.12. The highest BCUT2D eigenvalue weighted by Crippen LogP contribution is 2.29. The van der Waals surface area contributed by atoms with Crippen molar-refractivity contribution in [3.8, 4) is 17.6 Å². The molecule has 0 atom stereocenters. The molecule has 0 spiro atoms. The second kappa shape index (κ2) is 8.58. The van der Waals surface area contributed by atoms with Crippen LogP contribution in [0.25, 0.3) is 0 Å². The summed E-state index contributed by atoms with van der Waals surface area (Å²) in [6.07, 6.45) is 1.40. The number of methoxy groups -OCH3 is 2. The van der Waals surface area contributed by atoms with Crippen LogP contribution in [0.4, 0.5) is 11.4 Å². The van der Waals surface area contributed by atoms with Crippen molar-refractivity contribution < 1.29 is 14.3 Å². The first-order valence-corrected chi connectivity index (χ1v) is 7.96. The van der Waals surface area contributed by atoms with Crippen LogP contribution in [0.3, 0.4) is 0 Å². The first kappa shape index (κ1) is 18.9. The van der Waals surface area contributed by atoms with Gasteiger partial charge in [0.1, 0.15) is 11.6 Å². The second-order valence-electron chi connectivity index (χ2n) is 5.66. The lowest BCUT2D eigenvalue weighted by atomic mass is 10.1. The van der Waals surface area contributed by atoms with Crippen LogP contribution >= 0.6 is 0 Å². The summed E-state index contributed by atoms with van der Waals surface area (Å²) in [4.78, 5) is 12.4. The van der Waals surface area contributed by atoms with Crippen molar-refractivity contribution in [1.29, 1.82) is 5.26 Å². The van der Waals surface area contributed by atoms with Crippen molar-refractivity contribution in [1.82, 2.24) is 0 Å². The van der Waals surface area contributed by atoms with Crippen LogP contribution < -0.4 is 20.1 Å². The second-order valence-corrected chi connectivity index (χ2v) is 5.66. The molecule has 0 aliphatic carbocycles. The summed E-state index contributed by atoms with van der Waals surface area (Å²) in [6.45, 7) is 3.93. The third-order valence-corrected chi connectivity index (χ3v) is 3.77. The van der Waals surface area contributed by atoms with Gasteiger partial charge in [0.2, 0.25) is 0 Å². The van der Waals surface area contributed by atoms with Gasteiger partial charge in [-0.05, 0) is 43.2 Å². The number of hydrogen-bond donors (Lipinski definition) is 2. The van der Waals surface area contributed by atoms with Crippen molar-refractivity contribution in [3.05, 3.63) is 59.3 Å². The molecular weight excluding hydrogens is 330 g/mol. The number of benzene rings is 2. The Hall–Kier alpha value is -3.46. The van der Waals surface area contributed by atoms with Crippen molar-refractivity contribution >= 4 is 17.3 Å². The molecule has 0 unspecified atom stereocenters. The third-order valence-electron chi connectivity index (χ3n) is 3.77. The molecule has 0 aliphatic heterocycles. The van der Waals surface area contributed by atoms with Gasteiger partial charge < -0.3 is 20.1 Å². The van der Waals surface area contributed by atoms with Gasteiger partial charge in [0.15, 0.2) is 11.5 Å². The van der Waals surface area contributed by atoms with E-state index in [1.165, 1.54) is 20.4 Å². The predicted molar refractivity (Wildman–Crippen MR) is 101 cm³/mol. The fourth-order valence-electron chi connectivity index (χ4n) is 2.30. The third kappa shape index (κ3) is 4.54. The Morgan fingerprint density at radius 1 is 1.08 bits per heavy atom. The van der Waals surface area contributed by atoms with Gasteiger partial charge >= 0.3 is 0 Å². The number of amides is 1. The zero-order chi connectivity index (χ0) is 19.1. The predicted octanol–water partition coefficient (Wildman–Crippen LogP) is 3.78. The molecule has 0 heterocycles. The fraction of sp³-hybridized carbons (Fsp3) is 0.200. The van der Waals surface area contributed by atoms with E-state index in [2.05, 4.69) is 10.6 Å². The topological polar surface area (TPSA) is 83.4 Å². The van der Waals surface area contributed by atoms with E-state index in [9.17, 15) is 10.1 Å². The van der Waals surface area contributed by atoms with Gasteiger partial charge in [-0.15, -0.1) is 0 Å². The van der Waals surface area contributed by atoms with E-state index >= 15 is 0 Å². The number of nitrogens with zero attached hydrogens (tertiary/aromatic N) is 1. The summed E-state index contributed by atoms with van der Waals surface area (Å²) in [7, 11) is 3.05. The van der Waals surface area contributed by atoms with Gasteiger partial charge in [0, 0.05) is 23.6 Å². The lowest BCUT2D eigenvalue weighted by molar-refractivity contribution is -0.112. The molecule has 0 fully saturated rings. The van der Waals surface area contributed by atoms with Crippen molar-refractivity contribution in [3.63, 3.8) is 0 Å². The smallest absolute Gasteiger partial charge is 0.267 e. The number of aryl methyl sites for hydroxylation is 2. The molecule has 0 aliphatic rings. The molecule has 6 nitrogen and oxygen atoms in total. The quantitative estimate of drug-likeness (QED) is 0.611. The maximum Gasteiger partial charge on any atom is 0.267 e. The van der Waals surface area contributed by atoms with Crippen LogP contribution in [0.2, 0.25) is 0 Å². The Morgan fingerprint density at radius 2 is 1.81 bits per heavy atom. The van der Waals surface area contributed by atoms with Crippen molar-refractivity contribution in [2.24, 2.45) is 0 Å². The minimum absolute atomic E-state index is 0.0410. The number of carbonyl (C=O) groups is 1. The van der Waals surface area contributed by atoms with Crippen LogP contribution in [0.15, 0.2) is 48.2 Å². The van der Waals surface area contributed by atoms with Gasteiger partial charge in [0.25, 0.3) is 5.91 Å². The molecule has 1 amide bonds. The average Bonchev–Trinajstić information content (AvgIpc) is 2.64. The maximum atomic E-state index is 12.4. The van der Waals surface area contributed by atoms with Gasteiger partial charge in [-0.2, -0.15) is 5.26 Å². The Kier molecular flexibility index (Phi) is 6.23. The molecule has 0 saturated heterocycles. The molecule has 134 valence electrons. The first-order chi connectivity index (χ1) is 12.5. The molecule has 0 saturated carbocycles. The molecular formula is C20H21N3O3. The fourth-order valence-corrected chi connectivity index (χ4v) is 2.30. The molecule has 26 heavy (non-hydrogen) atoms. The summed E-state index contributed by atoms with van der Waals surface area (Å²) in [5.74, 6) is 0.525. The zero-order valence-electron chi connectivity index (χ0n) is 15.2. The monoisotopic (exact) mass is 351 g/mol. The number of carbonyl (C=O) groups excluding carboxylic acids is 1. The van der Waals surface area contributed by atoms with Crippen LogP contribution in [-0.4, -0.2) is 20.1 Å². The Balaban J connectivity index is 2.16. The lowest BCUT2D eigenvalue weighted by Crippen LogP contribution is -2.14. The minimum atomic E-state index is -0.516. The van der Waals surface area contributed by atoms with E-state index in [1.807, 2.05) is 38.1 Å². The molecule has 0 bridgehead atoms. The van der Waals surface area contributed by atoms with Gasteiger partial charge in [0.05, 0.1) is 14.2 Å². The minimum Gasteiger partial charge on any atom is -0.493 e. The molecule has 6 heteroatoms.